The minimum atomic E-state index is -0.657. The van der Waals surface area contributed by atoms with E-state index in [9.17, 15) is 24.6 Å². The third-order valence-electron chi connectivity index (χ3n) is 6.29. The number of rotatable bonds is 4. The van der Waals surface area contributed by atoms with Crippen molar-refractivity contribution < 1.29 is 29.3 Å². The zero-order valence-corrected chi connectivity index (χ0v) is 20.9. The van der Waals surface area contributed by atoms with Gasteiger partial charge in [0.25, 0.3) is 5.91 Å². The molecule has 1 saturated heterocycles. The number of β-amino-alcohol motifs (C(OH)–C–C–N with tert-alkyl or cyclic N) is 1. The second-order valence-electron chi connectivity index (χ2n) is 8.77. The molecule has 1 aromatic carbocycles. The number of ether oxygens (including phenoxy) is 1. The van der Waals surface area contributed by atoms with Crippen LogP contribution in [0.2, 0.25) is 0 Å². The van der Waals surface area contributed by atoms with Gasteiger partial charge < -0.3 is 25.2 Å². The Morgan fingerprint density at radius 3 is 2.78 bits per heavy atom. The van der Waals surface area contributed by atoms with Crippen LogP contribution >= 0.6 is 11.3 Å². The number of amides is 4. The molecule has 1 fully saturated rings. The largest absolute Gasteiger partial charge is 0.456 e. The van der Waals surface area contributed by atoms with E-state index in [1.54, 1.807) is 43.5 Å². The fourth-order valence-electron chi connectivity index (χ4n) is 4.56. The molecule has 0 bridgehead atoms. The van der Waals surface area contributed by atoms with Gasteiger partial charge in [0.2, 0.25) is 0 Å². The summed E-state index contributed by atoms with van der Waals surface area (Å²) < 4.78 is 8.25. The van der Waals surface area contributed by atoms with Gasteiger partial charge in [-0.25, -0.2) is 9.59 Å². The summed E-state index contributed by atoms with van der Waals surface area (Å²) in [7, 11) is 1.43. The van der Waals surface area contributed by atoms with Crippen molar-refractivity contribution >= 4 is 50.4 Å². The van der Waals surface area contributed by atoms with E-state index in [0.29, 0.717) is 44.2 Å². The number of carbonyl (C=O) groups excluding carboxylic acids is 3. The first-order valence-corrected chi connectivity index (χ1v) is 12.4. The molecule has 12 heteroatoms. The summed E-state index contributed by atoms with van der Waals surface area (Å²) in [5.74, 6) is 0.771. The predicted molar refractivity (Wildman–Crippen MR) is 137 cm³/mol. The molecule has 3 aromatic heterocycles. The smallest absolute Gasteiger partial charge is 0.334 e. The van der Waals surface area contributed by atoms with E-state index >= 15 is 0 Å². The molecule has 11 nitrogen and oxygen atoms in total. The summed E-state index contributed by atoms with van der Waals surface area (Å²) in [6.45, 7) is 1.73. The van der Waals surface area contributed by atoms with Crippen molar-refractivity contribution in [2.45, 2.75) is 25.5 Å². The molecular formula is C25H25N5O6S. The van der Waals surface area contributed by atoms with Gasteiger partial charge in [-0.15, -0.1) is 11.3 Å². The Morgan fingerprint density at radius 1 is 1.22 bits per heavy atom. The number of nitrogens with zero attached hydrogens (tertiary/aromatic N) is 3. The second-order valence-corrected chi connectivity index (χ2v) is 9.82. The fraction of sp³-hybridized carbons (Fsp3) is 0.280. The molecule has 5 rings (SSSR count). The normalized spacial score (nSPS) is 17.4. The summed E-state index contributed by atoms with van der Waals surface area (Å²) in [6, 6.07) is 8.86. The molecule has 4 amide bonds. The Bertz CT molecular complexity index is 1530. The fourth-order valence-corrected chi connectivity index (χ4v) is 5.58. The number of aryl methyl sites for hydroxylation is 1. The Balaban J connectivity index is 1.42. The molecule has 0 unspecified atom stereocenters. The minimum Gasteiger partial charge on any atom is -0.456 e. The number of likely N-dealkylation sites (tertiary alicyclic amines) is 1. The number of aliphatic hydroxyl groups excluding tert-OH is 2. The van der Waals surface area contributed by atoms with Crippen molar-refractivity contribution in [1.82, 2.24) is 25.1 Å². The average molecular weight is 524 g/mol. The Kier molecular flexibility index (Phi) is 6.54. The molecule has 4 aromatic rings. The van der Waals surface area contributed by atoms with Gasteiger partial charge in [-0.3, -0.25) is 19.7 Å². The lowest BCUT2D eigenvalue weighted by Gasteiger charge is -2.21. The van der Waals surface area contributed by atoms with E-state index in [2.05, 4.69) is 15.6 Å². The topological polar surface area (TPSA) is 146 Å². The van der Waals surface area contributed by atoms with Gasteiger partial charge in [0.1, 0.15) is 11.5 Å². The van der Waals surface area contributed by atoms with Gasteiger partial charge in [0.15, 0.2) is 0 Å². The number of hydrogen-bond donors (Lipinski definition) is 4. The summed E-state index contributed by atoms with van der Waals surface area (Å²) in [5, 5.41) is 24.9. The monoisotopic (exact) mass is 523 g/mol. The number of imide groups is 1. The van der Waals surface area contributed by atoms with Crippen LogP contribution in [0.4, 0.5) is 9.59 Å². The number of pyridine rings is 1. The first kappa shape index (κ1) is 24.7. The number of fused-ring (bicyclic) bond motifs is 2. The summed E-state index contributed by atoms with van der Waals surface area (Å²) in [6.07, 6.45) is 1.28. The number of carbonyl (C=O) groups is 3. The van der Waals surface area contributed by atoms with E-state index in [1.165, 1.54) is 27.9 Å². The van der Waals surface area contributed by atoms with E-state index < -0.39 is 24.2 Å². The van der Waals surface area contributed by atoms with Gasteiger partial charge in [-0.2, -0.15) is 0 Å². The minimum absolute atomic E-state index is 0.176. The zero-order chi connectivity index (χ0) is 26.3. The maximum Gasteiger partial charge on any atom is 0.334 e. The number of thiophene rings is 1. The molecule has 0 aliphatic carbocycles. The van der Waals surface area contributed by atoms with Gasteiger partial charge >= 0.3 is 12.1 Å². The summed E-state index contributed by atoms with van der Waals surface area (Å²) in [5.41, 5.74) is 1.86. The number of aromatic nitrogens is 2. The van der Waals surface area contributed by atoms with Crippen LogP contribution in [0.3, 0.4) is 0 Å². The molecule has 0 spiro atoms. The molecule has 37 heavy (non-hydrogen) atoms. The van der Waals surface area contributed by atoms with Crippen LogP contribution < -0.4 is 15.4 Å². The molecule has 1 aliphatic heterocycles. The highest BCUT2D eigenvalue weighted by atomic mass is 32.1. The lowest BCUT2D eigenvalue weighted by atomic mass is 10.2. The molecular weight excluding hydrogens is 498 g/mol. The van der Waals surface area contributed by atoms with Crippen molar-refractivity contribution in [3.05, 3.63) is 53.2 Å². The van der Waals surface area contributed by atoms with Crippen LogP contribution in [-0.4, -0.2) is 75.0 Å². The zero-order valence-electron chi connectivity index (χ0n) is 20.1. The maximum absolute atomic E-state index is 13.1. The quantitative estimate of drug-likeness (QED) is 0.322. The lowest BCUT2D eigenvalue weighted by molar-refractivity contribution is 0.0670. The molecule has 4 N–H and O–H groups in total. The van der Waals surface area contributed by atoms with Gasteiger partial charge in [0.05, 0.1) is 39.4 Å². The highest BCUT2D eigenvalue weighted by Gasteiger charge is 2.35. The molecule has 1 aliphatic rings. The average Bonchev–Trinajstić information content (AvgIpc) is 3.57. The number of benzene rings is 1. The molecule has 0 saturated carbocycles. The van der Waals surface area contributed by atoms with Crippen LogP contribution in [0, 0.1) is 6.92 Å². The maximum atomic E-state index is 13.1. The van der Waals surface area contributed by atoms with Crippen molar-refractivity contribution in [3.63, 3.8) is 0 Å². The number of aliphatic hydroxyl groups is 2. The van der Waals surface area contributed by atoms with E-state index in [0.717, 1.165) is 5.39 Å². The summed E-state index contributed by atoms with van der Waals surface area (Å²) >= 11 is 1.24. The van der Waals surface area contributed by atoms with Crippen molar-refractivity contribution in [2.24, 2.45) is 0 Å². The van der Waals surface area contributed by atoms with Crippen LogP contribution in [0.25, 0.3) is 21.1 Å². The van der Waals surface area contributed by atoms with Crippen molar-refractivity contribution in [3.8, 4) is 11.5 Å². The van der Waals surface area contributed by atoms with Crippen molar-refractivity contribution in [1.29, 1.82) is 0 Å². The lowest BCUT2D eigenvalue weighted by Crippen LogP contribution is -2.40. The molecule has 2 atom stereocenters. The van der Waals surface area contributed by atoms with Crippen molar-refractivity contribution in [2.75, 3.05) is 20.2 Å². The van der Waals surface area contributed by atoms with E-state index in [4.69, 9.17) is 4.74 Å². The predicted octanol–water partition coefficient (Wildman–Crippen LogP) is 2.82. The van der Waals surface area contributed by atoms with E-state index in [1.807, 2.05) is 6.07 Å². The third kappa shape index (κ3) is 4.61. The third-order valence-corrected chi connectivity index (χ3v) is 7.41. The second kappa shape index (κ2) is 9.81. The highest BCUT2D eigenvalue weighted by molar-refractivity contribution is 7.21. The van der Waals surface area contributed by atoms with Crippen LogP contribution in [0.1, 0.15) is 21.8 Å². The Morgan fingerprint density at radius 2 is 2.03 bits per heavy atom. The molecule has 4 heterocycles. The first-order chi connectivity index (χ1) is 17.8. The summed E-state index contributed by atoms with van der Waals surface area (Å²) in [4.78, 5) is 43.5. The van der Waals surface area contributed by atoms with Crippen LogP contribution in [-0.2, 0) is 0 Å². The first-order valence-electron chi connectivity index (χ1n) is 11.6. The standard InChI is InChI=1S/C25H25N5O6S/c1-13-7-14-8-17(3-4-19(14)30(13)25(35)28-24(34)26-2)36-20-5-6-27-18-10-21(37-22(18)20)23(33)29-11-16(32)9-15(29)12-31/h3-8,10,15-16,31-32H,9,11-12H2,1-2H3,(H2,26,28,34,35)/t15-,16+/m0/s1. The van der Waals surface area contributed by atoms with Gasteiger partial charge in [-0.05, 0) is 43.7 Å². The number of hydrogen-bond acceptors (Lipinski definition) is 8. The molecule has 192 valence electrons. The van der Waals surface area contributed by atoms with Gasteiger partial charge in [0, 0.05) is 36.9 Å². The van der Waals surface area contributed by atoms with Crippen LogP contribution in [0.15, 0.2) is 42.6 Å². The molecule has 0 radical (unpaired) electrons. The van der Waals surface area contributed by atoms with Crippen LogP contribution in [0.5, 0.6) is 11.5 Å². The number of urea groups is 1. The Hall–Kier alpha value is -4.00. The Labute approximate surface area is 215 Å². The number of nitrogens with one attached hydrogen (secondary N) is 2. The van der Waals surface area contributed by atoms with Gasteiger partial charge in [-0.1, -0.05) is 0 Å². The highest BCUT2D eigenvalue weighted by Crippen LogP contribution is 2.37. The van der Waals surface area contributed by atoms with E-state index in [-0.39, 0.29) is 19.1 Å². The SMILES string of the molecule is CNC(=O)NC(=O)n1c(C)cc2cc(Oc3ccnc4cc(C(=O)N5C[C@H](O)C[C@H]5CO)sc34)ccc21.